The number of nitro benzene ring substituents is 1. The molecule has 38 heavy (non-hydrogen) atoms. The Hall–Kier alpha value is -4.39. The van der Waals surface area contributed by atoms with Gasteiger partial charge in [-0.15, -0.1) is 0 Å². The van der Waals surface area contributed by atoms with E-state index >= 15 is 0 Å². The summed E-state index contributed by atoms with van der Waals surface area (Å²) in [5.74, 6) is -0.185. The molecule has 0 fully saturated rings. The third kappa shape index (κ3) is 4.79. The predicted molar refractivity (Wildman–Crippen MR) is 130 cm³/mol. The highest BCUT2D eigenvalue weighted by Gasteiger charge is 2.31. The maximum absolute atomic E-state index is 13.0. The highest BCUT2D eigenvalue weighted by Crippen LogP contribution is 2.36. The molecule has 1 N–H and O–H groups in total. The van der Waals surface area contributed by atoms with Crippen LogP contribution in [-0.2, 0) is 29.0 Å². The lowest BCUT2D eigenvalue weighted by Crippen LogP contribution is -2.14. The summed E-state index contributed by atoms with van der Waals surface area (Å²) in [4.78, 5) is 22.6. The van der Waals surface area contributed by atoms with Gasteiger partial charge in [-0.05, 0) is 67.3 Å². The van der Waals surface area contributed by atoms with E-state index in [-0.39, 0.29) is 22.8 Å². The van der Waals surface area contributed by atoms with Crippen molar-refractivity contribution >= 4 is 32.4 Å². The van der Waals surface area contributed by atoms with Crippen LogP contribution in [0, 0.1) is 10.1 Å². The molecular formula is C25H17F3N2O7S. The normalized spacial score (nSPS) is 13.3. The Bertz CT molecular complexity index is 1770. The van der Waals surface area contributed by atoms with Gasteiger partial charge in [0.1, 0.15) is 11.3 Å². The molecule has 0 radical (unpaired) electrons. The van der Waals surface area contributed by atoms with Gasteiger partial charge in [0.05, 0.1) is 15.4 Å². The number of sulfonamides is 1. The Kier molecular flexibility index (Phi) is 6.10. The van der Waals surface area contributed by atoms with Crippen LogP contribution in [0.5, 0.6) is 11.5 Å². The first-order chi connectivity index (χ1) is 17.9. The van der Waals surface area contributed by atoms with Crippen LogP contribution in [0.1, 0.15) is 23.1 Å². The molecule has 0 saturated carbocycles. The van der Waals surface area contributed by atoms with E-state index in [0.717, 1.165) is 60.2 Å². The predicted octanol–water partition coefficient (Wildman–Crippen LogP) is 5.80. The lowest BCUT2D eigenvalue weighted by molar-refractivity contribution is -0.385. The topological polar surface area (TPSA) is 129 Å². The molecule has 0 spiro atoms. The third-order valence-corrected chi connectivity index (χ3v) is 7.43. The van der Waals surface area contributed by atoms with Crippen LogP contribution in [0.25, 0.3) is 11.0 Å². The number of nitrogens with zero attached hydrogens (tertiary/aromatic N) is 1. The molecule has 0 saturated heterocycles. The van der Waals surface area contributed by atoms with Crippen LogP contribution in [0.2, 0.25) is 0 Å². The maximum Gasteiger partial charge on any atom is 0.416 e. The number of hydrogen-bond donors (Lipinski definition) is 1. The number of fused-ring (bicyclic) bond motifs is 3. The summed E-state index contributed by atoms with van der Waals surface area (Å²) in [6.07, 6.45) is -2.49. The first kappa shape index (κ1) is 25.3. The van der Waals surface area contributed by atoms with E-state index in [0.29, 0.717) is 18.1 Å². The van der Waals surface area contributed by atoms with E-state index in [4.69, 9.17) is 9.15 Å². The van der Waals surface area contributed by atoms with Gasteiger partial charge in [0, 0.05) is 28.8 Å². The monoisotopic (exact) mass is 546 g/mol. The minimum Gasteiger partial charge on any atom is -0.450 e. The summed E-state index contributed by atoms with van der Waals surface area (Å²) in [6.45, 7) is 0. The second-order valence-electron chi connectivity index (χ2n) is 8.53. The van der Waals surface area contributed by atoms with Crippen molar-refractivity contribution in [1.82, 2.24) is 0 Å². The number of alkyl halides is 3. The van der Waals surface area contributed by atoms with Crippen molar-refractivity contribution in [2.45, 2.75) is 30.3 Å². The van der Waals surface area contributed by atoms with Crippen molar-refractivity contribution in [3.05, 3.63) is 97.9 Å². The van der Waals surface area contributed by atoms with Gasteiger partial charge in [-0.3, -0.25) is 14.8 Å². The van der Waals surface area contributed by atoms with Gasteiger partial charge >= 0.3 is 17.5 Å². The Balaban J connectivity index is 1.45. The number of nitro groups is 1. The van der Waals surface area contributed by atoms with Crippen LogP contribution in [0.15, 0.2) is 74.8 Å². The van der Waals surface area contributed by atoms with E-state index in [1.165, 1.54) is 6.07 Å². The summed E-state index contributed by atoms with van der Waals surface area (Å²) in [7, 11) is -4.49. The van der Waals surface area contributed by atoms with Gasteiger partial charge < -0.3 is 9.15 Å². The van der Waals surface area contributed by atoms with Crippen LogP contribution in [0.4, 0.5) is 24.5 Å². The lowest BCUT2D eigenvalue weighted by Gasteiger charge is -2.12. The summed E-state index contributed by atoms with van der Waals surface area (Å²) < 4.78 is 77.5. The molecule has 1 aliphatic carbocycles. The second kappa shape index (κ2) is 9.17. The van der Waals surface area contributed by atoms with Gasteiger partial charge in [0.15, 0.2) is 0 Å². The van der Waals surface area contributed by atoms with E-state index < -0.39 is 42.9 Å². The smallest absolute Gasteiger partial charge is 0.416 e. The fourth-order valence-corrected chi connectivity index (χ4v) is 5.39. The van der Waals surface area contributed by atoms with Crippen LogP contribution in [0.3, 0.4) is 0 Å². The van der Waals surface area contributed by atoms with Crippen molar-refractivity contribution < 1.29 is 35.7 Å². The molecule has 1 aromatic heterocycles. The van der Waals surface area contributed by atoms with Crippen molar-refractivity contribution in [2.75, 3.05) is 4.72 Å². The molecule has 1 aliphatic rings. The van der Waals surface area contributed by atoms with Gasteiger partial charge in [-0.1, -0.05) is 6.07 Å². The minimum absolute atomic E-state index is 0.111. The molecule has 4 aromatic rings. The maximum atomic E-state index is 13.0. The summed E-state index contributed by atoms with van der Waals surface area (Å²) in [5, 5.41) is 12.5. The van der Waals surface area contributed by atoms with Crippen molar-refractivity contribution in [3.63, 3.8) is 0 Å². The number of hydrogen-bond acceptors (Lipinski definition) is 7. The molecule has 5 rings (SSSR count). The zero-order valence-corrected chi connectivity index (χ0v) is 20.1. The Morgan fingerprint density at radius 2 is 1.76 bits per heavy atom. The number of halogens is 3. The first-order valence-corrected chi connectivity index (χ1v) is 12.7. The van der Waals surface area contributed by atoms with E-state index in [2.05, 4.69) is 0 Å². The van der Waals surface area contributed by atoms with Gasteiger partial charge in [0.25, 0.3) is 10.0 Å². The highest BCUT2D eigenvalue weighted by molar-refractivity contribution is 7.92. The van der Waals surface area contributed by atoms with Crippen molar-refractivity contribution in [3.8, 4) is 11.5 Å². The number of benzene rings is 3. The fraction of sp³-hybridized carbons (Fsp3) is 0.160. The van der Waals surface area contributed by atoms with Crippen molar-refractivity contribution in [1.29, 1.82) is 0 Å². The van der Waals surface area contributed by atoms with Crippen molar-refractivity contribution in [2.24, 2.45) is 0 Å². The number of anilines is 1. The SMILES string of the molecule is O=c1oc2cc(Oc3ccc(S(=O)(=O)Nc4cccc(C(F)(F)F)c4)cc3[N+](=O)[O-])ccc2c2c1CCC2. The van der Waals surface area contributed by atoms with Crippen LogP contribution < -0.4 is 15.1 Å². The molecular weight excluding hydrogens is 529 g/mol. The molecule has 0 unspecified atom stereocenters. The zero-order chi connectivity index (χ0) is 27.2. The minimum atomic E-state index is -4.69. The number of rotatable bonds is 6. The Morgan fingerprint density at radius 3 is 2.50 bits per heavy atom. The van der Waals surface area contributed by atoms with Crippen LogP contribution in [-0.4, -0.2) is 13.3 Å². The van der Waals surface area contributed by atoms with Gasteiger partial charge in [0.2, 0.25) is 5.75 Å². The molecule has 1 heterocycles. The van der Waals surface area contributed by atoms with E-state index in [1.54, 1.807) is 12.1 Å². The fourth-order valence-electron chi connectivity index (χ4n) is 4.32. The van der Waals surface area contributed by atoms with Gasteiger partial charge in [-0.25, -0.2) is 13.2 Å². The standard InChI is InChI=1S/C25H17F3N2O7S/c26-25(27,28)14-3-1-4-15(11-14)29-38(34,35)17-8-10-22(21(13-17)30(32)33)36-16-7-9-19-18-5-2-6-20(18)24(31)37-23(19)12-16/h1,3-4,7-13,29H,2,5-6H2. The number of aryl methyl sites for hydroxylation is 1. The molecule has 196 valence electrons. The first-order valence-electron chi connectivity index (χ1n) is 11.2. The third-order valence-electron chi connectivity index (χ3n) is 6.05. The summed E-state index contributed by atoms with van der Waals surface area (Å²) in [6, 6.07) is 11.0. The molecule has 3 aromatic carbocycles. The molecule has 0 bridgehead atoms. The number of ether oxygens (including phenoxy) is 1. The van der Waals surface area contributed by atoms with Gasteiger partial charge in [-0.2, -0.15) is 13.2 Å². The summed E-state index contributed by atoms with van der Waals surface area (Å²) >= 11 is 0. The summed E-state index contributed by atoms with van der Waals surface area (Å²) in [5.41, 5.74) is -0.798. The lowest BCUT2D eigenvalue weighted by atomic mass is 10.1. The van der Waals surface area contributed by atoms with E-state index in [1.807, 2.05) is 4.72 Å². The van der Waals surface area contributed by atoms with E-state index in [9.17, 15) is 36.5 Å². The number of nitrogens with one attached hydrogen (secondary N) is 1. The average molecular weight is 546 g/mol. The molecule has 0 amide bonds. The zero-order valence-electron chi connectivity index (χ0n) is 19.2. The second-order valence-corrected chi connectivity index (χ2v) is 10.2. The Morgan fingerprint density at radius 1 is 1.00 bits per heavy atom. The molecule has 0 aliphatic heterocycles. The molecule has 13 heteroatoms. The molecule has 9 nitrogen and oxygen atoms in total. The Labute approximate surface area is 212 Å². The largest absolute Gasteiger partial charge is 0.450 e. The highest BCUT2D eigenvalue weighted by atomic mass is 32.2. The van der Waals surface area contributed by atoms with Crippen LogP contribution >= 0.6 is 0 Å². The molecule has 0 atom stereocenters. The average Bonchev–Trinajstić information content (AvgIpc) is 3.34. The quantitative estimate of drug-likeness (QED) is 0.184.